The molecule has 0 aromatic heterocycles. The third-order valence-corrected chi connectivity index (χ3v) is 4.81. The van der Waals surface area contributed by atoms with Gasteiger partial charge >= 0.3 is 5.97 Å². The number of rotatable bonds is 4. The molecule has 1 aliphatic rings. The molecular formula is C24H17NO5. The van der Waals surface area contributed by atoms with Gasteiger partial charge in [-0.3, -0.25) is 14.4 Å². The molecule has 6 nitrogen and oxygen atoms in total. The molecule has 4 rings (SSSR count). The molecule has 0 fully saturated rings. The lowest BCUT2D eigenvalue weighted by atomic mass is 9.82. The first-order valence-electron chi connectivity index (χ1n) is 9.31. The van der Waals surface area contributed by atoms with Gasteiger partial charge in [0.2, 0.25) is 0 Å². The van der Waals surface area contributed by atoms with Crippen LogP contribution in [0, 0.1) is 6.92 Å². The average molecular weight is 399 g/mol. The predicted octanol–water partition coefficient (Wildman–Crippen LogP) is 3.57. The van der Waals surface area contributed by atoms with Gasteiger partial charge in [-0.25, -0.2) is 4.79 Å². The molecule has 0 radical (unpaired) electrons. The molecule has 0 atom stereocenters. The summed E-state index contributed by atoms with van der Waals surface area (Å²) in [6.45, 7) is 1.37. The maximum Gasteiger partial charge on any atom is 0.339 e. The fourth-order valence-corrected chi connectivity index (χ4v) is 3.44. The number of hydrogen-bond donors (Lipinski definition) is 1. The second kappa shape index (κ2) is 7.75. The third-order valence-electron chi connectivity index (χ3n) is 4.81. The van der Waals surface area contributed by atoms with E-state index in [-0.39, 0.29) is 28.0 Å². The maximum atomic E-state index is 13.0. The second-order valence-corrected chi connectivity index (χ2v) is 6.93. The molecule has 3 aromatic carbocycles. The van der Waals surface area contributed by atoms with Crippen LogP contribution < -0.4 is 5.32 Å². The Kier molecular flexibility index (Phi) is 4.98. The lowest BCUT2D eigenvalue weighted by molar-refractivity contribution is -0.119. The minimum absolute atomic E-state index is 0.00490. The maximum absolute atomic E-state index is 13.0. The molecule has 3 aromatic rings. The quantitative estimate of drug-likeness (QED) is 0.530. The summed E-state index contributed by atoms with van der Waals surface area (Å²) in [6, 6.07) is 18.1. The number of carbonyl (C=O) groups excluding carboxylic acids is 4. The van der Waals surface area contributed by atoms with Crippen LogP contribution in [0.4, 0.5) is 5.69 Å². The summed E-state index contributed by atoms with van der Waals surface area (Å²) in [5.41, 5.74) is 2.23. The van der Waals surface area contributed by atoms with Crippen molar-refractivity contribution in [1.82, 2.24) is 0 Å². The molecule has 148 valence electrons. The normalized spacial score (nSPS) is 12.0. The number of anilines is 1. The van der Waals surface area contributed by atoms with Crippen LogP contribution in [-0.4, -0.2) is 30.0 Å². The van der Waals surface area contributed by atoms with Crippen LogP contribution in [0.15, 0.2) is 66.7 Å². The predicted molar refractivity (Wildman–Crippen MR) is 110 cm³/mol. The standard InChI is InChI=1S/C24H17NO5/c1-14-6-4-7-15(12-14)25-20(26)13-30-24(29)19-11-5-10-18-21(19)23(28)17-9-3-2-8-16(17)22(18)27/h2-12H,13H2,1H3,(H,25,26). The lowest BCUT2D eigenvalue weighted by Crippen LogP contribution is -2.26. The Morgan fingerprint density at radius 2 is 1.50 bits per heavy atom. The van der Waals surface area contributed by atoms with E-state index in [0.29, 0.717) is 11.3 Å². The summed E-state index contributed by atoms with van der Waals surface area (Å²) in [7, 11) is 0. The van der Waals surface area contributed by atoms with Crippen LogP contribution in [0.5, 0.6) is 0 Å². The monoisotopic (exact) mass is 399 g/mol. The van der Waals surface area contributed by atoms with E-state index in [0.717, 1.165) is 5.56 Å². The first-order chi connectivity index (χ1) is 14.5. The van der Waals surface area contributed by atoms with Crippen molar-refractivity contribution < 1.29 is 23.9 Å². The molecule has 0 unspecified atom stereocenters. The molecular weight excluding hydrogens is 382 g/mol. The number of amides is 1. The van der Waals surface area contributed by atoms with Gasteiger partial charge < -0.3 is 10.1 Å². The van der Waals surface area contributed by atoms with Gasteiger partial charge in [-0.15, -0.1) is 0 Å². The van der Waals surface area contributed by atoms with Gasteiger partial charge in [0.15, 0.2) is 18.2 Å². The van der Waals surface area contributed by atoms with E-state index in [9.17, 15) is 19.2 Å². The van der Waals surface area contributed by atoms with Crippen molar-refractivity contribution >= 4 is 29.1 Å². The number of nitrogens with one attached hydrogen (secondary N) is 1. The molecule has 1 N–H and O–H groups in total. The lowest BCUT2D eigenvalue weighted by Gasteiger charge is -2.19. The molecule has 0 spiro atoms. The number of esters is 1. The Morgan fingerprint density at radius 1 is 0.833 bits per heavy atom. The summed E-state index contributed by atoms with van der Waals surface area (Å²) in [4.78, 5) is 50.5. The van der Waals surface area contributed by atoms with Gasteiger partial charge in [-0.2, -0.15) is 0 Å². The van der Waals surface area contributed by atoms with Gasteiger partial charge in [0, 0.05) is 27.9 Å². The van der Waals surface area contributed by atoms with Crippen molar-refractivity contribution in [2.45, 2.75) is 6.92 Å². The van der Waals surface area contributed by atoms with Crippen molar-refractivity contribution in [2.24, 2.45) is 0 Å². The van der Waals surface area contributed by atoms with Crippen LogP contribution in [0.3, 0.4) is 0 Å². The number of benzene rings is 3. The van der Waals surface area contributed by atoms with Gasteiger partial charge in [-0.05, 0) is 30.7 Å². The number of ketones is 2. The fourth-order valence-electron chi connectivity index (χ4n) is 3.44. The van der Waals surface area contributed by atoms with Crippen LogP contribution in [0.1, 0.15) is 47.8 Å². The molecule has 0 saturated heterocycles. The second-order valence-electron chi connectivity index (χ2n) is 6.93. The summed E-state index contributed by atoms with van der Waals surface area (Å²) in [6.07, 6.45) is 0. The highest BCUT2D eigenvalue weighted by Gasteiger charge is 2.33. The summed E-state index contributed by atoms with van der Waals surface area (Å²) in [5, 5.41) is 2.64. The Balaban J connectivity index is 1.54. The summed E-state index contributed by atoms with van der Waals surface area (Å²) < 4.78 is 5.12. The van der Waals surface area contributed by atoms with Crippen LogP contribution in [0.2, 0.25) is 0 Å². The Bertz CT molecular complexity index is 1210. The van der Waals surface area contributed by atoms with Crippen LogP contribution >= 0.6 is 0 Å². The van der Waals surface area contributed by atoms with Gasteiger partial charge in [0.1, 0.15) is 0 Å². The minimum Gasteiger partial charge on any atom is -0.452 e. The van der Waals surface area contributed by atoms with Crippen LogP contribution in [-0.2, 0) is 9.53 Å². The highest BCUT2D eigenvalue weighted by atomic mass is 16.5. The largest absolute Gasteiger partial charge is 0.452 e. The molecule has 6 heteroatoms. The van der Waals surface area contributed by atoms with Gasteiger partial charge in [0.25, 0.3) is 5.91 Å². The van der Waals surface area contributed by atoms with Crippen molar-refractivity contribution in [3.8, 4) is 0 Å². The van der Waals surface area contributed by atoms with Crippen molar-refractivity contribution in [1.29, 1.82) is 0 Å². The van der Waals surface area contributed by atoms with Gasteiger partial charge in [0.05, 0.1) is 5.56 Å². The number of aryl methyl sites for hydroxylation is 1. The molecule has 1 aliphatic carbocycles. The summed E-state index contributed by atoms with van der Waals surface area (Å²) >= 11 is 0. The highest BCUT2D eigenvalue weighted by molar-refractivity contribution is 6.30. The Morgan fingerprint density at radius 3 is 2.23 bits per heavy atom. The van der Waals surface area contributed by atoms with Crippen LogP contribution in [0.25, 0.3) is 0 Å². The van der Waals surface area contributed by atoms with E-state index in [1.54, 1.807) is 42.5 Å². The molecule has 0 bridgehead atoms. The summed E-state index contributed by atoms with van der Waals surface area (Å²) in [5.74, 6) is -2.10. The zero-order valence-electron chi connectivity index (χ0n) is 16.1. The van der Waals surface area contributed by atoms with E-state index in [1.807, 2.05) is 13.0 Å². The third kappa shape index (κ3) is 3.51. The number of fused-ring (bicyclic) bond motifs is 2. The van der Waals surface area contributed by atoms with E-state index in [4.69, 9.17) is 4.74 Å². The first-order valence-corrected chi connectivity index (χ1v) is 9.31. The molecule has 0 heterocycles. The van der Waals surface area contributed by atoms with Crippen molar-refractivity contribution in [3.63, 3.8) is 0 Å². The SMILES string of the molecule is Cc1cccc(NC(=O)COC(=O)c2cccc3c2C(=O)c2ccccc2C3=O)c1. The molecule has 0 aliphatic heterocycles. The number of ether oxygens (including phenoxy) is 1. The van der Waals surface area contributed by atoms with E-state index in [1.165, 1.54) is 18.2 Å². The van der Waals surface area contributed by atoms with Crippen molar-refractivity contribution in [3.05, 3.63) is 100 Å². The van der Waals surface area contributed by atoms with E-state index >= 15 is 0 Å². The van der Waals surface area contributed by atoms with E-state index in [2.05, 4.69) is 5.32 Å². The fraction of sp³-hybridized carbons (Fsp3) is 0.0833. The average Bonchev–Trinajstić information content (AvgIpc) is 2.75. The first kappa shape index (κ1) is 19.3. The minimum atomic E-state index is -0.841. The highest BCUT2D eigenvalue weighted by Crippen LogP contribution is 2.29. The smallest absolute Gasteiger partial charge is 0.339 e. The topological polar surface area (TPSA) is 89.5 Å². The Labute approximate surface area is 172 Å². The molecule has 0 saturated carbocycles. The van der Waals surface area contributed by atoms with Crippen molar-refractivity contribution in [2.75, 3.05) is 11.9 Å². The Hall–Kier alpha value is -4.06. The molecule has 30 heavy (non-hydrogen) atoms. The van der Waals surface area contributed by atoms with E-state index < -0.39 is 24.3 Å². The number of hydrogen-bond acceptors (Lipinski definition) is 5. The zero-order chi connectivity index (χ0) is 21.3. The molecule has 1 amide bonds. The van der Waals surface area contributed by atoms with Gasteiger partial charge in [-0.1, -0.05) is 48.5 Å². The zero-order valence-corrected chi connectivity index (χ0v) is 16.1. The number of carbonyl (C=O) groups is 4.